The van der Waals surface area contributed by atoms with E-state index in [9.17, 15) is 8.42 Å². The van der Waals surface area contributed by atoms with E-state index < -0.39 is 9.84 Å². The van der Waals surface area contributed by atoms with E-state index >= 15 is 0 Å². The van der Waals surface area contributed by atoms with E-state index in [4.69, 9.17) is 5.84 Å². The zero-order valence-electron chi connectivity index (χ0n) is 12.8. The van der Waals surface area contributed by atoms with E-state index in [0.29, 0.717) is 12.3 Å². The largest absolute Gasteiger partial charge is 0.303 e. The van der Waals surface area contributed by atoms with Crippen LogP contribution < -0.4 is 11.3 Å². The summed E-state index contributed by atoms with van der Waals surface area (Å²) < 4.78 is 23.5. The van der Waals surface area contributed by atoms with Crippen LogP contribution in [-0.4, -0.2) is 50.5 Å². The molecule has 0 aromatic rings. The van der Waals surface area contributed by atoms with Gasteiger partial charge in [0.1, 0.15) is 9.84 Å². The van der Waals surface area contributed by atoms with Gasteiger partial charge in [0.15, 0.2) is 0 Å². The first kappa shape index (κ1) is 16.9. The SMILES string of the molecule is CN(C)C(C)(C)C(NN)C1CCCC(S(C)(=O)=O)C1. The van der Waals surface area contributed by atoms with Gasteiger partial charge >= 0.3 is 0 Å². The fraction of sp³-hybridized carbons (Fsp3) is 1.00. The third-order valence-electron chi connectivity index (χ3n) is 4.84. The van der Waals surface area contributed by atoms with Gasteiger partial charge in [0.05, 0.1) is 5.25 Å². The van der Waals surface area contributed by atoms with Crippen LogP contribution in [0.5, 0.6) is 0 Å². The average Bonchev–Trinajstić information content (AvgIpc) is 2.28. The zero-order valence-corrected chi connectivity index (χ0v) is 13.6. The normalized spacial score (nSPS) is 27.5. The molecule has 1 saturated carbocycles. The lowest BCUT2D eigenvalue weighted by Crippen LogP contribution is -2.61. The molecule has 6 heteroatoms. The summed E-state index contributed by atoms with van der Waals surface area (Å²) in [6.45, 7) is 4.28. The monoisotopic (exact) mass is 291 g/mol. The number of nitrogens with two attached hydrogens (primary N) is 1. The summed E-state index contributed by atoms with van der Waals surface area (Å²) in [5, 5.41) is -0.208. The molecule has 3 N–H and O–H groups in total. The van der Waals surface area contributed by atoms with Crippen molar-refractivity contribution in [3.8, 4) is 0 Å². The third kappa shape index (κ3) is 3.90. The summed E-state index contributed by atoms with van der Waals surface area (Å²) >= 11 is 0. The first-order valence-corrected chi connectivity index (χ1v) is 8.88. The highest BCUT2D eigenvalue weighted by molar-refractivity contribution is 7.91. The van der Waals surface area contributed by atoms with Crippen LogP contribution in [0.3, 0.4) is 0 Å². The quantitative estimate of drug-likeness (QED) is 0.578. The highest BCUT2D eigenvalue weighted by Gasteiger charge is 2.40. The molecular formula is C13H29N3O2S. The highest BCUT2D eigenvalue weighted by Crippen LogP contribution is 2.35. The maximum absolute atomic E-state index is 11.8. The summed E-state index contributed by atoms with van der Waals surface area (Å²) in [4.78, 5) is 2.14. The first-order chi connectivity index (χ1) is 8.60. The molecule has 0 heterocycles. The fourth-order valence-corrected chi connectivity index (χ4v) is 4.26. The van der Waals surface area contributed by atoms with Crippen molar-refractivity contribution in [2.24, 2.45) is 11.8 Å². The van der Waals surface area contributed by atoms with Gasteiger partial charge in [-0.3, -0.25) is 11.3 Å². The Kier molecular flexibility index (Phi) is 5.40. The number of likely N-dealkylation sites (N-methyl/N-ethyl adjacent to an activating group) is 1. The molecule has 0 aromatic carbocycles. The Morgan fingerprint density at radius 1 is 1.32 bits per heavy atom. The molecule has 5 nitrogen and oxygen atoms in total. The van der Waals surface area contributed by atoms with Crippen LogP contribution in [0.15, 0.2) is 0 Å². The van der Waals surface area contributed by atoms with Crippen LogP contribution in [0.2, 0.25) is 0 Å². The van der Waals surface area contributed by atoms with Gasteiger partial charge in [-0.25, -0.2) is 8.42 Å². The van der Waals surface area contributed by atoms with Gasteiger partial charge in [-0.15, -0.1) is 0 Å². The second kappa shape index (κ2) is 6.08. The number of rotatable bonds is 5. The Morgan fingerprint density at radius 3 is 2.32 bits per heavy atom. The average molecular weight is 291 g/mol. The molecule has 0 saturated heterocycles. The molecule has 19 heavy (non-hydrogen) atoms. The number of hydrogen-bond acceptors (Lipinski definition) is 5. The molecule has 114 valence electrons. The Labute approximate surface area is 117 Å². The molecule has 1 rings (SSSR count). The van der Waals surface area contributed by atoms with Crippen molar-refractivity contribution >= 4 is 9.84 Å². The van der Waals surface area contributed by atoms with Crippen LogP contribution >= 0.6 is 0 Å². The zero-order chi connectivity index (χ0) is 14.8. The Hall–Kier alpha value is -0.170. The lowest BCUT2D eigenvalue weighted by Gasteiger charge is -2.45. The standard InChI is InChI=1S/C13H29N3O2S/c1-13(2,16(3)4)12(15-14)10-7-6-8-11(9-10)19(5,17)18/h10-12,15H,6-9,14H2,1-5H3. The summed E-state index contributed by atoms with van der Waals surface area (Å²) in [5.41, 5.74) is 2.82. The van der Waals surface area contributed by atoms with Crippen molar-refractivity contribution < 1.29 is 8.42 Å². The molecule has 0 radical (unpaired) electrons. The Bertz CT molecular complexity index is 393. The van der Waals surface area contributed by atoms with Gasteiger partial charge in [0.25, 0.3) is 0 Å². The summed E-state index contributed by atoms with van der Waals surface area (Å²) in [6.07, 6.45) is 4.85. The summed E-state index contributed by atoms with van der Waals surface area (Å²) in [5.74, 6) is 6.06. The van der Waals surface area contributed by atoms with Crippen molar-refractivity contribution in [3.63, 3.8) is 0 Å². The van der Waals surface area contributed by atoms with Crippen LogP contribution in [-0.2, 0) is 9.84 Å². The Balaban J connectivity index is 2.88. The van der Waals surface area contributed by atoms with E-state index in [1.807, 2.05) is 14.1 Å². The number of nitrogens with zero attached hydrogens (tertiary/aromatic N) is 1. The van der Waals surface area contributed by atoms with Crippen molar-refractivity contribution in [2.45, 2.75) is 56.4 Å². The molecule has 0 aromatic heterocycles. The Morgan fingerprint density at radius 2 is 1.89 bits per heavy atom. The molecule has 1 aliphatic carbocycles. The summed E-state index contributed by atoms with van der Waals surface area (Å²) in [7, 11) is 1.11. The minimum atomic E-state index is -2.95. The predicted octanol–water partition coefficient (Wildman–Crippen LogP) is 0.762. The van der Waals surface area contributed by atoms with Gasteiger partial charge in [0, 0.05) is 17.8 Å². The van der Waals surface area contributed by atoms with E-state index in [1.165, 1.54) is 6.26 Å². The van der Waals surface area contributed by atoms with E-state index in [-0.39, 0.29) is 16.8 Å². The minimum Gasteiger partial charge on any atom is -0.303 e. The van der Waals surface area contributed by atoms with Crippen LogP contribution in [0.1, 0.15) is 39.5 Å². The van der Waals surface area contributed by atoms with Gasteiger partial charge in [-0.05, 0) is 53.1 Å². The molecule has 3 atom stereocenters. The van der Waals surface area contributed by atoms with Gasteiger partial charge in [-0.2, -0.15) is 0 Å². The third-order valence-corrected chi connectivity index (χ3v) is 6.48. The first-order valence-electron chi connectivity index (χ1n) is 6.93. The highest BCUT2D eigenvalue weighted by atomic mass is 32.2. The number of hydrazine groups is 1. The van der Waals surface area contributed by atoms with Crippen molar-refractivity contribution in [3.05, 3.63) is 0 Å². The predicted molar refractivity (Wildman–Crippen MR) is 79.5 cm³/mol. The topological polar surface area (TPSA) is 75.4 Å². The number of hydrogen-bond donors (Lipinski definition) is 2. The van der Waals surface area contributed by atoms with Crippen molar-refractivity contribution in [1.29, 1.82) is 0 Å². The summed E-state index contributed by atoms with van der Waals surface area (Å²) in [6, 6.07) is 0.0899. The van der Waals surface area contributed by atoms with Crippen LogP contribution in [0.25, 0.3) is 0 Å². The van der Waals surface area contributed by atoms with Gasteiger partial charge in [0.2, 0.25) is 0 Å². The maximum Gasteiger partial charge on any atom is 0.150 e. The number of nitrogens with one attached hydrogen (secondary N) is 1. The second-order valence-corrected chi connectivity index (χ2v) is 8.90. The smallest absolute Gasteiger partial charge is 0.150 e. The lowest BCUT2D eigenvalue weighted by atomic mass is 9.76. The van der Waals surface area contributed by atoms with E-state index in [1.54, 1.807) is 0 Å². The fourth-order valence-electron chi connectivity index (χ4n) is 3.07. The van der Waals surface area contributed by atoms with Crippen molar-refractivity contribution in [1.82, 2.24) is 10.3 Å². The molecule has 0 bridgehead atoms. The van der Waals surface area contributed by atoms with Gasteiger partial charge in [-0.1, -0.05) is 6.42 Å². The van der Waals surface area contributed by atoms with Gasteiger partial charge < -0.3 is 4.90 Å². The number of sulfone groups is 1. The minimum absolute atomic E-state index is 0.0899. The lowest BCUT2D eigenvalue weighted by molar-refractivity contribution is 0.0876. The van der Waals surface area contributed by atoms with E-state index in [2.05, 4.69) is 24.2 Å². The second-order valence-electron chi connectivity index (χ2n) is 6.57. The molecule has 3 unspecified atom stereocenters. The maximum atomic E-state index is 11.8. The van der Waals surface area contributed by atoms with Crippen molar-refractivity contribution in [2.75, 3.05) is 20.4 Å². The van der Waals surface area contributed by atoms with Crippen LogP contribution in [0, 0.1) is 5.92 Å². The molecule has 1 aliphatic rings. The molecule has 0 aliphatic heterocycles. The molecular weight excluding hydrogens is 262 g/mol. The van der Waals surface area contributed by atoms with E-state index in [0.717, 1.165) is 19.3 Å². The molecule has 0 spiro atoms. The molecule has 0 amide bonds. The molecule has 1 fully saturated rings. The van der Waals surface area contributed by atoms with Crippen LogP contribution in [0.4, 0.5) is 0 Å².